The topological polar surface area (TPSA) is 26.0 Å². The molecule has 0 fully saturated rings. The van der Waals surface area contributed by atoms with E-state index in [1.165, 1.54) is 16.7 Å². The van der Waals surface area contributed by atoms with Crippen LogP contribution in [0, 0.1) is 0 Å². The highest BCUT2D eigenvalue weighted by molar-refractivity contribution is 6.42. The van der Waals surface area contributed by atoms with Gasteiger partial charge >= 0.3 is 0 Å². The summed E-state index contributed by atoms with van der Waals surface area (Å²) in [6, 6.07) is 14.5. The normalized spacial score (nSPS) is 22.1. The zero-order chi connectivity index (χ0) is 13.4. The third kappa shape index (κ3) is 2.38. The Kier molecular flexibility index (Phi) is 3.53. The summed E-state index contributed by atoms with van der Waals surface area (Å²) in [6.45, 7) is 0. The Balaban J connectivity index is 2.07. The van der Waals surface area contributed by atoms with E-state index in [0.717, 1.165) is 12.8 Å². The van der Waals surface area contributed by atoms with Crippen LogP contribution >= 0.6 is 23.2 Å². The lowest BCUT2D eigenvalue weighted by Crippen LogP contribution is -2.20. The van der Waals surface area contributed by atoms with E-state index in [0.29, 0.717) is 16.0 Å². The second-order valence-electron chi connectivity index (χ2n) is 5.04. The lowest BCUT2D eigenvalue weighted by atomic mass is 9.77. The summed E-state index contributed by atoms with van der Waals surface area (Å²) in [6.07, 6.45) is 2.05. The van der Waals surface area contributed by atoms with Crippen LogP contribution in [0.25, 0.3) is 0 Å². The van der Waals surface area contributed by atoms with Gasteiger partial charge in [-0.15, -0.1) is 0 Å². The third-order valence-electron chi connectivity index (χ3n) is 3.88. The van der Waals surface area contributed by atoms with Gasteiger partial charge in [-0.3, -0.25) is 0 Å². The number of fused-ring (bicyclic) bond motifs is 1. The molecule has 2 aromatic carbocycles. The smallest absolute Gasteiger partial charge is 0.0595 e. The molecule has 3 heteroatoms. The number of nitrogens with two attached hydrogens (primary N) is 1. The van der Waals surface area contributed by atoms with E-state index in [2.05, 4.69) is 30.3 Å². The van der Waals surface area contributed by atoms with Gasteiger partial charge in [-0.25, -0.2) is 0 Å². The zero-order valence-corrected chi connectivity index (χ0v) is 12.0. The minimum absolute atomic E-state index is 0.148. The number of halogens is 2. The van der Waals surface area contributed by atoms with E-state index in [1.54, 1.807) is 0 Å². The van der Waals surface area contributed by atoms with Gasteiger partial charge in [0.15, 0.2) is 0 Å². The molecular weight excluding hydrogens is 277 g/mol. The maximum absolute atomic E-state index is 6.19. The van der Waals surface area contributed by atoms with E-state index in [1.807, 2.05) is 12.1 Å². The predicted octanol–water partition coefficient (Wildman–Crippen LogP) is 4.92. The lowest BCUT2D eigenvalue weighted by Gasteiger charge is -2.30. The molecule has 0 saturated heterocycles. The minimum Gasteiger partial charge on any atom is -0.324 e. The average molecular weight is 292 g/mol. The van der Waals surface area contributed by atoms with Crippen molar-refractivity contribution in [1.29, 1.82) is 0 Å². The van der Waals surface area contributed by atoms with Gasteiger partial charge in [0, 0.05) is 12.0 Å². The molecule has 98 valence electrons. The summed E-state index contributed by atoms with van der Waals surface area (Å²) in [5.74, 6) is 0.366. The van der Waals surface area contributed by atoms with Gasteiger partial charge in [-0.2, -0.15) is 0 Å². The molecule has 0 saturated carbocycles. The van der Waals surface area contributed by atoms with Gasteiger partial charge < -0.3 is 5.73 Å². The molecule has 0 bridgehead atoms. The molecular formula is C16H15Cl2N. The Morgan fingerprint density at radius 2 is 1.63 bits per heavy atom. The van der Waals surface area contributed by atoms with Gasteiger partial charge in [0.25, 0.3) is 0 Å². The molecule has 0 heterocycles. The van der Waals surface area contributed by atoms with E-state index < -0.39 is 0 Å². The van der Waals surface area contributed by atoms with Crippen LogP contribution in [0.1, 0.15) is 41.5 Å². The molecule has 0 radical (unpaired) electrons. The van der Waals surface area contributed by atoms with Crippen molar-refractivity contribution in [3.05, 3.63) is 69.2 Å². The van der Waals surface area contributed by atoms with Crippen LogP contribution in [0.4, 0.5) is 0 Å². The third-order valence-corrected chi connectivity index (χ3v) is 4.62. The van der Waals surface area contributed by atoms with Crippen LogP contribution in [0.15, 0.2) is 42.5 Å². The maximum Gasteiger partial charge on any atom is 0.0595 e. The second kappa shape index (κ2) is 5.16. The van der Waals surface area contributed by atoms with E-state index in [9.17, 15) is 0 Å². The molecule has 0 aromatic heterocycles. The first-order valence-corrected chi connectivity index (χ1v) is 7.22. The Hall–Kier alpha value is -1.02. The highest BCUT2D eigenvalue weighted by atomic mass is 35.5. The Bertz CT molecular complexity index is 609. The predicted molar refractivity (Wildman–Crippen MR) is 80.9 cm³/mol. The van der Waals surface area contributed by atoms with E-state index in [4.69, 9.17) is 28.9 Å². The van der Waals surface area contributed by atoms with Crippen molar-refractivity contribution in [2.45, 2.75) is 24.8 Å². The molecule has 1 aliphatic carbocycles. The van der Waals surface area contributed by atoms with E-state index >= 15 is 0 Å². The van der Waals surface area contributed by atoms with E-state index in [-0.39, 0.29) is 6.04 Å². The highest BCUT2D eigenvalue weighted by Crippen LogP contribution is 2.41. The summed E-state index contributed by atoms with van der Waals surface area (Å²) in [4.78, 5) is 0. The molecule has 1 unspecified atom stereocenters. The quantitative estimate of drug-likeness (QED) is 0.793. The number of rotatable bonds is 1. The van der Waals surface area contributed by atoms with Crippen LogP contribution in [0.2, 0.25) is 10.0 Å². The minimum atomic E-state index is 0.148. The molecule has 0 aliphatic heterocycles. The SMILES string of the molecule is N[C@H]1CCC(c2ccc(Cl)c(Cl)c2)c2ccccc21. The summed E-state index contributed by atoms with van der Waals surface area (Å²) in [7, 11) is 0. The van der Waals surface area contributed by atoms with Crippen LogP contribution in [0.3, 0.4) is 0 Å². The van der Waals surface area contributed by atoms with Gasteiger partial charge in [0.1, 0.15) is 0 Å². The van der Waals surface area contributed by atoms with Crippen molar-refractivity contribution in [3.63, 3.8) is 0 Å². The average Bonchev–Trinajstić information content (AvgIpc) is 2.43. The largest absolute Gasteiger partial charge is 0.324 e. The monoisotopic (exact) mass is 291 g/mol. The lowest BCUT2D eigenvalue weighted by molar-refractivity contribution is 0.530. The standard InChI is InChI=1S/C16H15Cl2N/c17-14-7-5-10(9-15(14)18)11-6-8-16(19)13-4-2-1-3-12(11)13/h1-5,7,9,11,16H,6,8,19H2/t11?,16-/m0/s1. The first-order chi connectivity index (χ1) is 9.16. The molecule has 3 rings (SSSR count). The molecule has 2 aromatic rings. The van der Waals surface area contributed by atoms with Crippen molar-refractivity contribution in [2.75, 3.05) is 0 Å². The van der Waals surface area contributed by atoms with Crippen LogP contribution in [-0.2, 0) is 0 Å². The maximum atomic E-state index is 6.19. The number of benzene rings is 2. The zero-order valence-electron chi connectivity index (χ0n) is 10.4. The van der Waals surface area contributed by atoms with Crippen molar-refractivity contribution in [3.8, 4) is 0 Å². The fraction of sp³-hybridized carbons (Fsp3) is 0.250. The first-order valence-electron chi connectivity index (χ1n) is 6.46. The van der Waals surface area contributed by atoms with Crippen molar-refractivity contribution in [2.24, 2.45) is 5.73 Å². The summed E-state index contributed by atoms with van der Waals surface area (Å²) < 4.78 is 0. The Labute approximate surface area is 123 Å². The van der Waals surface area contributed by atoms with Crippen molar-refractivity contribution < 1.29 is 0 Å². The first kappa shape index (κ1) is 13.0. The van der Waals surface area contributed by atoms with Crippen molar-refractivity contribution >= 4 is 23.2 Å². The van der Waals surface area contributed by atoms with Crippen LogP contribution in [-0.4, -0.2) is 0 Å². The Morgan fingerprint density at radius 1 is 0.895 bits per heavy atom. The number of hydrogen-bond donors (Lipinski definition) is 1. The van der Waals surface area contributed by atoms with Crippen molar-refractivity contribution in [1.82, 2.24) is 0 Å². The van der Waals surface area contributed by atoms with Gasteiger partial charge in [-0.05, 0) is 41.7 Å². The van der Waals surface area contributed by atoms with Crippen LogP contribution < -0.4 is 5.73 Å². The van der Waals surface area contributed by atoms with Crippen LogP contribution in [0.5, 0.6) is 0 Å². The molecule has 1 aliphatic rings. The van der Waals surface area contributed by atoms with Gasteiger partial charge in [0.05, 0.1) is 10.0 Å². The number of hydrogen-bond acceptors (Lipinski definition) is 1. The fourth-order valence-electron chi connectivity index (χ4n) is 2.90. The fourth-order valence-corrected chi connectivity index (χ4v) is 3.21. The molecule has 2 N–H and O–H groups in total. The summed E-state index contributed by atoms with van der Waals surface area (Å²) in [5.41, 5.74) is 9.98. The molecule has 0 amide bonds. The summed E-state index contributed by atoms with van der Waals surface area (Å²) in [5, 5.41) is 1.22. The molecule has 0 spiro atoms. The molecule has 1 nitrogen and oxygen atoms in total. The second-order valence-corrected chi connectivity index (χ2v) is 5.85. The molecule has 2 atom stereocenters. The highest BCUT2D eigenvalue weighted by Gasteiger charge is 2.26. The van der Waals surface area contributed by atoms with Gasteiger partial charge in [-0.1, -0.05) is 53.5 Å². The molecule has 19 heavy (non-hydrogen) atoms. The summed E-state index contributed by atoms with van der Waals surface area (Å²) >= 11 is 12.1. The van der Waals surface area contributed by atoms with Gasteiger partial charge in [0.2, 0.25) is 0 Å². The Morgan fingerprint density at radius 3 is 2.37 bits per heavy atom.